The number of nitrogens with zero attached hydrogens (tertiary/aromatic N) is 1. The average molecular weight is 196 g/mol. The van der Waals surface area contributed by atoms with E-state index in [2.05, 4.69) is 10.5 Å². The van der Waals surface area contributed by atoms with E-state index in [1.165, 1.54) is 6.07 Å². The van der Waals surface area contributed by atoms with Gasteiger partial charge in [-0.3, -0.25) is 0 Å². The minimum absolute atomic E-state index is 0.00837. The maximum atomic E-state index is 10.5. The fourth-order valence-corrected chi connectivity index (χ4v) is 1.68. The van der Waals surface area contributed by atoms with Gasteiger partial charge in [0.2, 0.25) is 0 Å². The van der Waals surface area contributed by atoms with E-state index in [1.54, 1.807) is 0 Å². The highest BCUT2D eigenvalue weighted by Crippen LogP contribution is 2.15. The van der Waals surface area contributed by atoms with Crippen LogP contribution in [0.25, 0.3) is 0 Å². The molecule has 0 bridgehead atoms. The largest absolute Gasteiger partial charge is 0.476 e. The van der Waals surface area contributed by atoms with Gasteiger partial charge in [0.05, 0.1) is 0 Å². The van der Waals surface area contributed by atoms with Crippen LogP contribution in [0.15, 0.2) is 10.6 Å². The summed E-state index contributed by atoms with van der Waals surface area (Å²) in [6.45, 7) is 2.01. The molecule has 0 amide bonds. The first kappa shape index (κ1) is 9.21. The van der Waals surface area contributed by atoms with Crippen molar-refractivity contribution < 1.29 is 14.4 Å². The van der Waals surface area contributed by atoms with Crippen LogP contribution < -0.4 is 5.32 Å². The van der Waals surface area contributed by atoms with Crippen molar-refractivity contribution in [3.63, 3.8) is 0 Å². The van der Waals surface area contributed by atoms with Gasteiger partial charge in [0, 0.05) is 12.5 Å². The fourth-order valence-electron chi connectivity index (χ4n) is 1.68. The second-order valence-corrected chi connectivity index (χ2v) is 3.55. The molecule has 1 unspecified atom stereocenters. The van der Waals surface area contributed by atoms with Crippen LogP contribution >= 0.6 is 0 Å². The van der Waals surface area contributed by atoms with Crippen LogP contribution in [0.2, 0.25) is 0 Å². The third-order valence-electron chi connectivity index (χ3n) is 2.43. The molecule has 76 valence electrons. The summed E-state index contributed by atoms with van der Waals surface area (Å²) in [5.41, 5.74) is -0.00837. The van der Waals surface area contributed by atoms with E-state index >= 15 is 0 Å². The van der Waals surface area contributed by atoms with Crippen molar-refractivity contribution in [1.29, 1.82) is 0 Å². The lowest BCUT2D eigenvalue weighted by Gasteiger charge is -2.02. The first-order valence-corrected chi connectivity index (χ1v) is 4.65. The zero-order valence-electron chi connectivity index (χ0n) is 7.69. The Morgan fingerprint density at radius 2 is 2.64 bits per heavy atom. The van der Waals surface area contributed by atoms with Crippen molar-refractivity contribution in [2.45, 2.75) is 12.8 Å². The number of nitrogens with one attached hydrogen (secondary N) is 1. The Morgan fingerprint density at radius 3 is 3.21 bits per heavy atom. The smallest absolute Gasteiger partial charge is 0.358 e. The molecule has 0 aromatic carbocycles. The van der Waals surface area contributed by atoms with Gasteiger partial charge >= 0.3 is 5.97 Å². The van der Waals surface area contributed by atoms with Gasteiger partial charge in [-0.25, -0.2) is 4.79 Å². The highest BCUT2D eigenvalue weighted by Gasteiger charge is 2.18. The molecule has 5 heteroatoms. The number of aromatic carboxylic acids is 1. The molecule has 1 aliphatic rings. The molecular formula is C9H12N2O3. The zero-order chi connectivity index (χ0) is 9.97. The molecule has 0 radical (unpaired) electrons. The molecule has 1 aromatic heterocycles. The van der Waals surface area contributed by atoms with Crippen LogP contribution in [0.5, 0.6) is 0 Å². The normalized spacial score (nSPS) is 21.3. The Kier molecular flexibility index (Phi) is 2.49. The number of hydrogen-bond acceptors (Lipinski definition) is 4. The van der Waals surface area contributed by atoms with Crippen molar-refractivity contribution in [1.82, 2.24) is 10.5 Å². The lowest BCUT2D eigenvalue weighted by Crippen LogP contribution is -2.10. The third-order valence-corrected chi connectivity index (χ3v) is 2.43. The lowest BCUT2D eigenvalue weighted by atomic mass is 10.0. The number of carboxylic acids is 1. The Labute approximate surface area is 81.1 Å². The summed E-state index contributed by atoms with van der Waals surface area (Å²) in [5, 5.41) is 15.3. The predicted octanol–water partition coefficient (Wildman–Crippen LogP) is 0.525. The molecule has 2 rings (SSSR count). The summed E-state index contributed by atoms with van der Waals surface area (Å²) in [5.74, 6) is 0.172. The maximum absolute atomic E-state index is 10.5. The zero-order valence-corrected chi connectivity index (χ0v) is 7.69. The summed E-state index contributed by atoms with van der Waals surface area (Å²) in [7, 11) is 0. The number of aromatic nitrogens is 1. The Morgan fingerprint density at radius 1 is 1.79 bits per heavy atom. The van der Waals surface area contributed by atoms with E-state index in [9.17, 15) is 4.79 Å². The second kappa shape index (κ2) is 3.79. The molecule has 14 heavy (non-hydrogen) atoms. The van der Waals surface area contributed by atoms with Crippen molar-refractivity contribution in [3.8, 4) is 0 Å². The van der Waals surface area contributed by atoms with Gasteiger partial charge in [0.15, 0.2) is 5.69 Å². The average Bonchev–Trinajstić information content (AvgIpc) is 2.75. The second-order valence-electron chi connectivity index (χ2n) is 3.55. The van der Waals surface area contributed by atoms with E-state index < -0.39 is 5.97 Å². The van der Waals surface area contributed by atoms with Crippen LogP contribution in [-0.4, -0.2) is 29.3 Å². The Bertz CT molecular complexity index is 329. The Balaban J connectivity index is 1.98. The van der Waals surface area contributed by atoms with Crippen molar-refractivity contribution in [2.75, 3.05) is 13.1 Å². The SMILES string of the molecule is O=C(O)c1cc(CC2CCNC2)on1. The molecular weight excluding hydrogens is 184 g/mol. The topological polar surface area (TPSA) is 75.4 Å². The van der Waals surface area contributed by atoms with Crippen molar-refractivity contribution in [3.05, 3.63) is 17.5 Å². The van der Waals surface area contributed by atoms with Crippen molar-refractivity contribution >= 4 is 5.97 Å². The summed E-state index contributed by atoms with van der Waals surface area (Å²) >= 11 is 0. The van der Waals surface area contributed by atoms with E-state index in [4.69, 9.17) is 9.63 Å². The van der Waals surface area contributed by atoms with Gasteiger partial charge in [0.1, 0.15) is 5.76 Å². The number of rotatable bonds is 3. The molecule has 1 atom stereocenters. The van der Waals surface area contributed by atoms with Gasteiger partial charge in [-0.2, -0.15) is 0 Å². The minimum Gasteiger partial charge on any atom is -0.476 e. The van der Waals surface area contributed by atoms with Gasteiger partial charge in [-0.1, -0.05) is 5.16 Å². The van der Waals surface area contributed by atoms with Crippen LogP contribution in [0.4, 0.5) is 0 Å². The Hall–Kier alpha value is -1.36. The lowest BCUT2D eigenvalue weighted by molar-refractivity contribution is 0.0685. The van der Waals surface area contributed by atoms with Gasteiger partial charge in [-0.15, -0.1) is 0 Å². The molecule has 0 saturated carbocycles. The molecule has 1 fully saturated rings. The molecule has 2 heterocycles. The van der Waals surface area contributed by atoms with Gasteiger partial charge < -0.3 is 14.9 Å². The molecule has 1 aromatic rings. The minimum atomic E-state index is -1.04. The third kappa shape index (κ3) is 1.93. The van der Waals surface area contributed by atoms with E-state index in [0.717, 1.165) is 25.9 Å². The summed E-state index contributed by atoms with van der Waals surface area (Å²) in [6.07, 6.45) is 1.89. The van der Waals surface area contributed by atoms with Gasteiger partial charge in [-0.05, 0) is 25.4 Å². The number of carbonyl (C=O) groups is 1. The predicted molar refractivity (Wildman–Crippen MR) is 48.1 cm³/mol. The molecule has 1 saturated heterocycles. The standard InChI is InChI=1S/C9H12N2O3/c12-9(13)8-4-7(14-11-8)3-6-1-2-10-5-6/h4,6,10H,1-3,5H2,(H,12,13). The van der Waals surface area contributed by atoms with Crippen LogP contribution in [-0.2, 0) is 6.42 Å². The maximum Gasteiger partial charge on any atom is 0.358 e. The fraction of sp³-hybridized carbons (Fsp3) is 0.556. The van der Waals surface area contributed by atoms with Crippen molar-refractivity contribution in [2.24, 2.45) is 5.92 Å². The first-order chi connectivity index (χ1) is 6.75. The monoisotopic (exact) mass is 196 g/mol. The highest BCUT2D eigenvalue weighted by atomic mass is 16.5. The number of carboxylic acid groups (broad SMARTS) is 1. The van der Waals surface area contributed by atoms with Gasteiger partial charge in [0.25, 0.3) is 0 Å². The number of hydrogen-bond donors (Lipinski definition) is 2. The molecule has 2 N–H and O–H groups in total. The van der Waals surface area contributed by atoms with Crippen LogP contribution in [0.1, 0.15) is 22.7 Å². The molecule has 1 aliphatic heterocycles. The molecule has 0 aliphatic carbocycles. The summed E-state index contributed by atoms with van der Waals surface area (Å²) in [6, 6.07) is 1.50. The van der Waals surface area contributed by atoms with E-state index in [0.29, 0.717) is 11.7 Å². The highest BCUT2D eigenvalue weighted by molar-refractivity contribution is 5.85. The molecule has 5 nitrogen and oxygen atoms in total. The molecule has 0 spiro atoms. The van der Waals surface area contributed by atoms with E-state index in [1.807, 2.05) is 0 Å². The van der Waals surface area contributed by atoms with Crippen LogP contribution in [0.3, 0.4) is 0 Å². The summed E-state index contributed by atoms with van der Waals surface area (Å²) < 4.78 is 4.93. The van der Waals surface area contributed by atoms with E-state index in [-0.39, 0.29) is 5.69 Å². The summed E-state index contributed by atoms with van der Waals surface area (Å²) in [4.78, 5) is 10.5. The quantitative estimate of drug-likeness (QED) is 0.737. The van der Waals surface area contributed by atoms with Crippen LogP contribution in [0, 0.1) is 5.92 Å². The first-order valence-electron chi connectivity index (χ1n) is 4.65.